The van der Waals surface area contributed by atoms with E-state index in [4.69, 9.17) is 5.11 Å². The van der Waals surface area contributed by atoms with Crippen molar-refractivity contribution in [2.45, 2.75) is 11.5 Å². The van der Waals surface area contributed by atoms with Gasteiger partial charge in [0, 0.05) is 27.5 Å². The average Bonchev–Trinajstić information content (AvgIpc) is 2.96. The van der Waals surface area contributed by atoms with Crippen LogP contribution in [0.1, 0.15) is 4.88 Å². The van der Waals surface area contributed by atoms with E-state index in [1.807, 2.05) is 6.07 Å². The van der Waals surface area contributed by atoms with Gasteiger partial charge in [0.1, 0.15) is 0 Å². The van der Waals surface area contributed by atoms with E-state index in [2.05, 4.69) is 9.71 Å². The van der Waals surface area contributed by atoms with Crippen LogP contribution in [0, 0.1) is 0 Å². The standard InChI is InChI=1S/C14H12N2O3S2/c17-8-12-7-13(9-20-12)21(18,19)16-11-3-4-14-10(6-11)2-1-5-15-14/h1-7,9,16-17H,8H2. The Labute approximate surface area is 125 Å². The molecule has 0 fully saturated rings. The van der Waals surface area contributed by atoms with Crippen molar-refractivity contribution in [2.24, 2.45) is 0 Å². The Hall–Kier alpha value is -1.96. The maximum atomic E-state index is 12.3. The molecule has 2 N–H and O–H groups in total. The summed E-state index contributed by atoms with van der Waals surface area (Å²) < 4.78 is 27.1. The number of aliphatic hydroxyl groups is 1. The molecule has 7 heteroatoms. The van der Waals surface area contributed by atoms with Crippen molar-refractivity contribution >= 4 is 38.0 Å². The fourth-order valence-electron chi connectivity index (χ4n) is 1.94. The summed E-state index contributed by atoms with van der Waals surface area (Å²) in [4.78, 5) is 4.95. The molecule has 2 heterocycles. The van der Waals surface area contributed by atoms with Crippen molar-refractivity contribution in [3.05, 3.63) is 52.9 Å². The van der Waals surface area contributed by atoms with Crippen LogP contribution in [0.4, 0.5) is 5.69 Å². The molecule has 0 aliphatic heterocycles. The summed E-state index contributed by atoms with van der Waals surface area (Å²) in [5, 5.41) is 11.4. The van der Waals surface area contributed by atoms with Gasteiger partial charge in [-0.05, 0) is 30.3 Å². The molecule has 0 atom stereocenters. The molecule has 3 rings (SSSR count). The zero-order valence-electron chi connectivity index (χ0n) is 10.9. The molecule has 0 unspecified atom stereocenters. The Morgan fingerprint density at radius 2 is 2.10 bits per heavy atom. The topological polar surface area (TPSA) is 79.3 Å². The maximum Gasteiger partial charge on any atom is 0.262 e. The number of pyridine rings is 1. The van der Waals surface area contributed by atoms with E-state index in [0.29, 0.717) is 10.6 Å². The Balaban J connectivity index is 1.93. The van der Waals surface area contributed by atoms with E-state index in [1.54, 1.807) is 30.5 Å². The first-order valence-corrected chi connectivity index (χ1v) is 8.51. The molecule has 21 heavy (non-hydrogen) atoms. The number of aromatic nitrogens is 1. The largest absolute Gasteiger partial charge is 0.391 e. The van der Waals surface area contributed by atoms with Crippen LogP contribution in [0.15, 0.2) is 52.9 Å². The van der Waals surface area contributed by atoms with Crippen LogP contribution in [0.25, 0.3) is 10.9 Å². The maximum absolute atomic E-state index is 12.3. The Kier molecular flexibility index (Phi) is 3.62. The third-order valence-corrected chi connectivity index (χ3v) is 5.38. The number of thiophene rings is 1. The van der Waals surface area contributed by atoms with Crippen molar-refractivity contribution in [3.8, 4) is 0 Å². The highest BCUT2D eigenvalue weighted by atomic mass is 32.2. The number of aliphatic hydroxyl groups excluding tert-OH is 1. The molecule has 0 saturated carbocycles. The van der Waals surface area contributed by atoms with Gasteiger partial charge in [0.15, 0.2) is 0 Å². The number of fused-ring (bicyclic) bond motifs is 1. The van der Waals surface area contributed by atoms with Crippen molar-refractivity contribution in [2.75, 3.05) is 4.72 Å². The molecular formula is C14H12N2O3S2. The molecule has 2 aromatic heterocycles. The van der Waals surface area contributed by atoms with Gasteiger partial charge in [0.2, 0.25) is 0 Å². The third kappa shape index (κ3) is 2.90. The van der Waals surface area contributed by atoms with Gasteiger partial charge < -0.3 is 5.11 Å². The average molecular weight is 320 g/mol. The van der Waals surface area contributed by atoms with Crippen molar-refractivity contribution in [1.29, 1.82) is 0 Å². The van der Waals surface area contributed by atoms with Gasteiger partial charge in [-0.1, -0.05) is 6.07 Å². The van der Waals surface area contributed by atoms with Crippen molar-refractivity contribution in [1.82, 2.24) is 4.98 Å². The number of anilines is 1. The zero-order chi connectivity index (χ0) is 14.9. The summed E-state index contributed by atoms with van der Waals surface area (Å²) in [5.41, 5.74) is 1.28. The molecular weight excluding hydrogens is 308 g/mol. The lowest BCUT2D eigenvalue weighted by Gasteiger charge is -2.07. The first-order valence-electron chi connectivity index (χ1n) is 6.14. The first-order chi connectivity index (χ1) is 10.1. The van der Waals surface area contributed by atoms with E-state index < -0.39 is 10.0 Å². The number of rotatable bonds is 4. The number of nitrogens with one attached hydrogen (secondary N) is 1. The highest BCUT2D eigenvalue weighted by Gasteiger charge is 2.16. The van der Waals surface area contributed by atoms with Crippen LogP contribution in [-0.2, 0) is 16.6 Å². The molecule has 0 bridgehead atoms. The smallest absolute Gasteiger partial charge is 0.262 e. The second-order valence-corrected chi connectivity index (χ2v) is 7.10. The van der Waals surface area contributed by atoms with E-state index in [0.717, 1.165) is 10.9 Å². The SMILES string of the molecule is O=S(=O)(Nc1ccc2ncccc2c1)c1csc(CO)c1. The summed E-state index contributed by atoms with van der Waals surface area (Å²) in [6.45, 7) is -0.165. The minimum Gasteiger partial charge on any atom is -0.391 e. The molecule has 5 nitrogen and oxygen atoms in total. The highest BCUT2D eigenvalue weighted by Crippen LogP contribution is 2.23. The second kappa shape index (κ2) is 5.44. The van der Waals surface area contributed by atoms with Crippen LogP contribution < -0.4 is 4.72 Å². The first kappa shape index (κ1) is 14.0. The summed E-state index contributed by atoms with van der Waals surface area (Å²) in [5.74, 6) is 0. The van der Waals surface area contributed by atoms with Crippen LogP contribution in [-0.4, -0.2) is 18.5 Å². The number of sulfonamides is 1. The van der Waals surface area contributed by atoms with Crippen LogP contribution in [0.5, 0.6) is 0 Å². The summed E-state index contributed by atoms with van der Waals surface area (Å²) in [6.07, 6.45) is 1.69. The summed E-state index contributed by atoms with van der Waals surface area (Å²) >= 11 is 1.21. The van der Waals surface area contributed by atoms with Gasteiger partial charge in [-0.2, -0.15) is 0 Å². The van der Waals surface area contributed by atoms with E-state index in [-0.39, 0.29) is 11.5 Å². The Morgan fingerprint density at radius 3 is 2.86 bits per heavy atom. The quantitative estimate of drug-likeness (QED) is 0.774. The predicted molar refractivity (Wildman–Crippen MR) is 82.8 cm³/mol. The molecule has 3 aromatic rings. The lowest BCUT2D eigenvalue weighted by molar-refractivity contribution is 0.285. The predicted octanol–water partition coefficient (Wildman–Crippen LogP) is 2.59. The fourth-order valence-corrected chi connectivity index (χ4v) is 4.12. The fraction of sp³-hybridized carbons (Fsp3) is 0.0714. The number of hydrogen-bond donors (Lipinski definition) is 2. The Bertz CT molecular complexity index is 888. The van der Waals surface area contributed by atoms with E-state index in [9.17, 15) is 8.42 Å². The normalized spacial score (nSPS) is 11.7. The van der Waals surface area contributed by atoms with E-state index >= 15 is 0 Å². The molecule has 0 aliphatic rings. The summed E-state index contributed by atoms with van der Waals surface area (Å²) in [6, 6.07) is 10.3. The van der Waals surface area contributed by atoms with Crippen molar-refractivity contribution in [3.63, 3.8) is 0 Å². The molecule has 0 aliphatic carbocycles. The van der Waals surface area contributed by atoms with E-state index in [1.165, 1.54) is 22.8 Å². The van der Waals surface area contributed by atoms with Gasteiger partial charge in [0.05, 0.1) is 17.0 Å². The number of hydrogen-bond acceptors (Lipinski definition) is 5. The summed E-state index contributed by atoms with van der Waals surface area (Å²) in [7, 11) is -3.64. The van der Waals surface area contributed by atoms with Gasteiger partial charge in [-0.3, -0.25) is 9.71 Å². The molecule has 0 saturated heterocycles. The molecule has 0 radical (unpaired) electrons. The van der Waals surface area contributed by atoms with Gasteiger partial charge in [-0.25, -0.2) is 8.42 Å². The van der Waals surface area contributed by atoms with Gasteiger partial charge in [-0.15, -0.1) is 11.3 Å². The minimum absolute atomic E-state index is 0.155. The highest BCUT2D eigenvalue weighted by molar-refractivity contribution is 7.92. The van der Waals surface area contributed by atoms with Crippen LogP contribution in [0.3, 0.4) is 0 Å². The van der Waals surface area contributed by atoms with Crippen LogP contribution >= 0.6 is 11.3 Å². The zero-order valence-corrected chi connectivity index (χ0v) is 12.5. The van der Waals surface area contributed by atoms with Crippen molar-refractivity contribution < 1.29 is 13.5 Å². The van der Waals surface area contributed by atoms with Gasteiger partial charge >= 0.3 is 0 Å². The monoisotopic (exact) mass is 320 g/mol. The minimum atomic E-state index is -3.64. The van der Waals surface area contributed by atoms with Crippen LogP contribution in [0.2, 0.25) is 0 Å². The molecule has 1 aromatic carbocycles. The number of nitrogens with zero attached hydrogens (tertiary/aromatic N) is 1. The van der Waals surface area contributed by atoms with Gasteiger partial charge in [0.25, 0.3) is 10.0 Å². The number of benzene rings is 1. The lowest BCUT2D eigenvalue weighted by atomic mass is 10.2. The molecule has 0 amide bonds. The Morgan fingerprint density at radius 1 is 1.24 bits per heavy atom. The second-order valence-electron chi connectivity index (χ2n) is 4.42. The lowest BCUT2D eigenvalue weighted by Crippen LogP contribution is -2.12. The third-order valence-electron chi connectivity index (χ3n) is 2.95. The molecule has 108 valence electrons. The molecule has 0 spiro atoms.